The number of nitrogens with zero attached hydrogens (tertiary/aromatic N) is 1. The van der Waals surface area contributed by atoms with E-state index in [4.69, 9.17) is 67.8 Å². The average molecular weight is 665 g/mol. The molecule has 2 rings (SSSR count). The van der Waals surface area contributed by atoms with Gasteiger partial charge in [-0.15, -0.1) is 0 Å². The van der Waals surface area contributed by atoms with Gasteiger partial charge in [0.1, 0.15) is 5.17 Å². The molecule has 2 aromatic rings. The SMILES string of the molecule is CC(=O)Nc1c(C(C)C)cccc1C(C)C.CC(Cl)=Nc1c(C(C)C)cccc1C(C)C.ClP(Cl)(Cl)(Cl)Cl. The molecule has 2 aromatic carbocycles. The maximum atomic E-state index is 11.3. The van der Waals surface area contributed by atoms with E-state index in [-0.39, 0.29) is 5.91 Å². The normalized spacial score (nSPS) is 12.9. The number of carbonyl (C=O) groups excluding carboxylic acids is 1. The Hall–Kier alpha value is -0.250. The second-order valence-corrected chi connectivity index (χ2v) is 27.3. The van der Waals surface area contributed by atoms with E-state index in [2.05, 4.69) is 102 Å². The molecule has 0 radical (unpaired) electrons. The van der Waals surface area contributed by atoms with Gasteiger partial charge in [-0.05, 0) is 52.8 Å². The molecule has 0 aromatic heterocycles. The third kappa shape index (κ3) is 16.1. The average Bonchev–Trinajstić information content (AvgIpc) is 2.71. The molecule has 0 unspecified atom stereocenters. The van der Waals surface area contributed by atoms with Gasteiger partial charge in [0, 0.05) is 12.6 Å². The monoisotopic (exact) mass is 662 g/mol. The van der Waals surface area contributed by atoms with Gasteiger partial charge in [0.2, 0.25) is 5.91 Å². The van der Waals surface area contributed by atoms with Crippen LogP contribution < -0.4 is 5.32 Å². The Morgan fingerprint density at radius 3 is 1.21 bits per heavy atom. The van der Waals surface area contributed by atoms with Crippen molar-refractivity contribution in [1.82, 2.24) is 0 Å². The molecule has 0 aliphatic carbocycles. The molecule has 1 N–H and O–H groups in total. The molecule has 10 heteroatoms. The third-order valence-electron chi connectivity index (χ3n) is 5.28. The fraction of sp³-hybridized carbons (Fsp3) is 0.500. The number of hydrogen-bond acceptors (Lipinski definition) is 2. The third-order valence-corrected chi connectivity index (χ3v) is 5.37. The topological polar surface area (TPSA) is 41.5 Å². The summed E-state index contributed by atoms with van der Waals surface area (Å²) in [7, 11) is 0. The molecule has 0 fully saturated rings. The summed E-state index contributed by atoms with van der Waals surface area (Å²) in [6.45, 7) is 20.7. The quantitative estimate of drug-likeness (QED) is 0.242. The fourth-order valence-electron chi connectivity index (χ4n) is 3.67. The summed E-state index contributed by atoms with van der Waals surface area (Å²) < 4.78 is -3.69. The van der Waals surface area contributed by atoms with Crippen molar-refractivity contribution in [2.45, 2.75) is 92.9 Å². The molecule has 0 bridgehead atoms. The maximum absolute atomic E-state index is 11.3. The zero-order valence-electron chi connectivity index (χ0n) is 23.8. The predicted octanol–water partition coefficient (Wildman–Crippen LogP) is 13.4. The van der Waals surface area contributed by atoms with Crippen molar-refractivity contribution in [3.8, 4) is 0 Å². The van der Waals surface area contributed by atoms with Crippen LogP contribution in [-0.4, -0.2) is 11.1 Å². The van der Waals surface area contributed by atoms with Crippen molar-refractivity contribution >= 4 is 93.6 Å². The van der Waals surface area contributed by atoms with Gasteiger partial charge in [0.05, 0.1) is 5.69 Å². The molecule has 0 aliphatic rings. The van der Waals surface area contributed by atoms with Gasteiger partial charge >= 0.3 is 59.6 Å². The molecule has 1 amide bonds. The molecular weight excluding hydrogens is 624 g/mol. The zero-order chi connectivity index (χ0) is 30.0. The Bertz CT molecular complexity index is 1020. The molecule has 0 heterocycles. The molecule has 0 saturated heterocycles. The summed E-state index contributed by atoms with van der Waals surface area (Å²) in [6, 6.07) is 12.6. The Morgan fingerprint density at radius 1 is 0.684 bits per heavy atom. The fourth-order valence-corrected chi connectivity index (χ4v) is 3.75. The van der Waals surface area contributed by atoms with Crippen LogP contribution in [0.15, 0.2) is 41.4 Å². The second-order valence-electron chi connectivity index (χ2n) is 10.1. The number of halogens is 6. The number of hydrogen-bond donors (Lipinski definition) is 1. The molecule has 216 valence electrons. The summed E-state index contributed by atoms with van der Waals surface area (Å²) in [5, 5.41) is 3.56. The van der Waals surface area contributed by atoms with Crippen molar-refractivity contribution in [3.05, 3.63) is 58.7 Å². The molecular formula is C28H41Cl6N2OP. The van der Waals surface area contributed by atoms with Gasteiger partial charge in [0.15, 0.2) is 0 Å². The molecule has 3 nitrogen and oxygen atoms in total. The number of aliphatic imine (C=N–C) groups is 1. The first kappa shape index (κ1) is 37.8. The van der Waals surface area contributed by atoms with E-state index < -0.39 is 3.37 Å². The Balaban J connectivity index is 0.000000596. The summed E-state index contributed by atoms with van der Waals surface area (Å²) >= 11 is 30.8. The standard InChI is InChI=1S/C14H20ClN.C14H21NO.Cl5P/c1-9(2)12-7-6-8-13(10(3)4)14(12)16-11(5)15;1-9(2)12-7-6-8-13(10(3)4)14(12)15-11(5)16;1-6(2,3,4)5/h6-10H,1-5H3;6-10H,1-5H3,(H,15,16);. The van der Waals surface area contributed by atoms with Crippen LogP contribution in [-0.2, 0) is 4.79 Å². The molecule has 0 spiro atoms. The van der Waals surface area contributed by atoms with Gasteiger partial charge in [0.25, 0.3) is 0 Å². The number of anilines is 1. The number of para-hydroxylation sites is 2. The summed E-state index contributed by atoms with van der Waals surface area (Å²) in [5.41, 5.74) is 7.01. The van der Waals surface area contributed by atoms with E-state index in [1.807, 2.05) is 6.92 Å². The van der Waals surface area contributed by atoms with Crippen molar-refractivity contribution in [1.29, 1.82) is 0 Å². The first-order chi connectivity index (χ1) is 17.1. The molecule has 38 heavy (non-hydrogen) atoms. The van der Waals surface area contributed by atoms with E-state index in [1.54, 1.807) is 6.92 Å². The summed E-state index contributed by atoms with van der Waals surface area (Å²) in [6.07, 6.45) is 0. The Labute approximate surface area is 258 Å². The zero-order valence-corrected chi connectivity index (χ0v) is 29.3. The minimum atomic E-state index is -3.69. The number of carbonyl (C=O) groups is 1. The van der Waals surface area contributed by atoms with Gasteiger partial charge < -0.3 is 5.32 Å². The van der Waals surface area contributed by atoms with Gasteiger partial charge in [-0.1, -0.05) is 103 Å². The van der Waals surface area contributed by atoms with Crippen LogP contribution in [0.1, 0.15) is 115 Å². The number of rotatable bonds is 6. The van der Waals surface area contributed by atoms with Crippen molar-refractivity contribution in [3.63, 3.8) is 0 Å². The van der Waals surface area contributed by atoms with Crippen LogP contribution in [0.4, 0.5) is 11.4 Å². The molecule has 0 atom stereocenters. The van der Waals surface area contributed by atoms with Crippen LogP contribution in [0.25, 0.3) is 0 Å². The Kier molecular flexibility index (Phi) is 16.2. The summed E-state index contributed by atoms with van der Waals surface area (Å²) in [5.74, 6) is 1.76. The van der Waals surface area contributed by atoms with E-state index >= 15 is 0 Å². The van der Waals surface area contributed by atoms with Gasteiger partial charge in [-0.25, -0.2) is 4.99 Å². The van der Waals surface area contributed by atoms with Crippen molar-refractivity contribution in [2.75, 3.05) is 5.32 Å². The Morgan fingerprint density at radius 2 is 0.974 bits per heavy atom. The molecule has 0 aliphatic heterocycles. The van der Waals surface area contributed by atoms with Crippen LogP contribution in [0.2, 0.25) is 0 Å². The number of benzene rings is 2. The summed E-state index contributed by atoms with van der Waals surface area (Å²) in [4.78, 5) is 15.7. The van der Waals surface area contributed by atoms with Crippen LogP contribution in [0.3, 0.4) is 0 Å². The number of nitrogens with one attached hydrogen (secondary N) is 1. The van der Waals surface area contributed by atoms with Crippen LogP contribution in [0, 0.1) is 0 Å². The molecule has 0 saturated carbocycles. The predicted molar refractivity (Wildman–Crippen MR) is 178 cm³/mol. The van der Waals surface area contributed by atoms with Crippen molar-refractivity contribution in [2.24, 2.45) is 4.99 Å². The first-order valence-corrected chi connectivity index (χ1v) is 19.6. The van der Waals surface area contributed by atoms with Gasteiger partial charge in [-0.2, -0.15) is 0 Å². The van der Waals surface area contributed by atoms with Crippen LogP contribution >= 0.6 is 71.2 Å². The van der Waals surface area contributed by atoms with Gasteiger partial charge in [-0.3, -0.25) is 4.79 Å². The van der Waals surface area contributed by atoms with Crippen LogP contribution in [0.5, 0.6) is 0 Å². The minimum absolute atomic E-state index is 0.00463. The first-order valence-electron chi connectivity index (χ1n) is 12.4. The van der Waals surface area contributed by atoms with E-state index in [0.717, 1.165) is 11.4 Å². The number of amides is 1. The van der Waals surface area contributed by atoms with E-state index in [9.17, 15) is 4.79 Å². The van der Waals surface area contributed by atoms with E-state index in [0.29, 0.717) is 28.8 Å². The van der Waals surface area contributed by atoms with Crippen molar-refractivity contribution < 1.29 is 4.79 Å². The second kappa shape index (κ2) is 16.3. The van der Waals surface area contributed by atoms with E-state index in [1.165, 1.54) is 22.3 Å².